The third kappa shape index (κ3) is 4.44. The molecule has 0 saturated heterocycles. The SMILES string of the molecule is CCOc1ccc(CNC(=O)c2c(C)sc3cc(-c4ccccc4)oc23)cc1OCC. The first-order valence-corrected chi connectivity index (χ1v) is 11.2. The van der Waals surface area contributed by atoms with Gasteiger partial charge in [0.2, 0.25) is 0 Å². The summed E-state index contributed by atoms with van der Waals surface area (Å²) in [7, 11) is 0. The predicted molar refractivity (Wildman–Crippen MR) is 124 cm³/mol. The number of amides is 1. The number of nitrogens with one attached hydrogen (secondary N) is 1. The van der Waals surface area contributed by atoms with Crippen LogP contribution in [0.5, 0.6) is 11.5 Å². The largest absolute Gasteiger partial charge is 0.490 e. The van der Waals surface area contributed by atoms with E-state index in [1.807, 2.05) is 75.4 Å². The van der Waals surface area contributed by atoms with Gasteiger partial charge in [0.25, 0.3) is 5.91 Å². The fraction of sp³-hybridized carbons (Fsp3) is 0.240. The molecule has 0 spiro atoms. The summed E-state index contributed by atoms with van der Waals surface area (Å²) in [6, 6.07) is 17.6. The molecule has 31 heavy (non-hydrogen) atoms. The van der Waals surface area contributed by atoms with Gasteiger partial charge in [-0.3, -0.25) is 4.79 Å². The molecule has 0 saturated carbocycles. The van der Waals surface area contributed by atoms with Crippen molar-refractivity contribution in [2.75, 3.05) is 13.2 Å². The zero-order valence-electron chi connectivity index (χ0n) is 17.9. The topological polar surface area (TPSA) is 60.7 Å². The second-order valence-electron chi connectivity index (χ2n) is 7.03. The Bertz CT molecular complexity index is 1190. The number of carbonyl (C=O) groups is 1. The Balaban J connectivity index is 1.54. The molecule has 5 nitrogen and oxygen atoms in total. The predicted octanol–water partition coefficient (Wildman–Crippen LogP) is 6.20. The van der Waals surface area contributed by atoms with E-state index < -0.39 is 0 Å². The number of carbonyl (C=O) groups excluding carboxylic acids is 1. The molecule has 4 rings (SSSR count). The molecule has 0 unspecified atom stereocenters. The van der Waals surface area contributed by atoms with Crippen LogP contribution in [-0.2, 0) is 6.54 Å². The summed E-state index contributed by atoms with van der Waals surface area (Å²) in [5.74, 6) is 2.01. The summed E-state index contributed by atoms with van der Waals surface area (Å²) in [5.41, 5.74) is 3.17. The summed E-state index contributed by atoms with van der Waals surface area (Å²) >= 11 is 1.57. The number of thiophene rings is 1. The van der Waals surface area contributed by atoms with Gasteiger partial charge >= 0.3 is 0 Å². The number of hydrogen-bond donors (Lipinski definition) is 1. The molecule has 0 radical (unpaired) electrons. The molecule has 1 amide bonds. The lowest BCUT2D eigenvalue weighted by Gasteiger charge is -2.13. The standard InChI is InChI=1S/C25H25NO4S/c1-4-28-19-12-11-17(13-21(19)29-5-2)15-26-25(27)23-16(3)31-22-14-20(30-24(22)23)18-9-7-6-8-10-18/h6-14H,4-5,15H2,1-3H3,(H,26,27). The molecule has 0 atom stereocenters. The number of fused-ring (bicyclic) bond motifs is 1. The summed E-state index contributed by atoms with van der Waals surface area (Å²) in [5, 5.41) is 3.02. The molecular weight excluding hydrogens is 410 g/mol. The van der Waals surface area contributed by atoms with E-state index in [2.05, 4.69) is 5.32 Å². The van der Waals surface area contributed by atoms with Gasteiger partial charge in [0, 0.05) is 23.1 Å². The van der Waals surface area contributed by atoms with Crippen molar-refractivity contribution < 1.29 is 18.7 Å². The summed E-state index contributed by atoms with van der Waals surface area (Å²) < 4.78 is 18.3. The molecule has 160 valence electrons. The smallest absolute Gasteiger partial charge is 0.256 e. The molecule has 1 N–H and O–H groups in total. The molecule has 0 aliphatic heterocycles. The number of furan rings is 1. The summed E-state index contributed by atoms with van der Waals surface area (Å²) in [6.07, 6.45) is 0. The summed E-state index contributed by atoms with van der Waals surface area (Å²) in [6.45, 7) is 7.31. The molecule has 0 fully saturated rings. The van der Waals surface area contributed by atoms with Crippen LogP contribution < -0.4 is 14.8 Å². The van der Waals surface area contributed by atoms with Crippen LogP contribution in [-0.4, -0.2) is 19.1 Å². The maximum absolute atomic E-state index is 13.0. The van der Waals surface area contributed by atoms with Crippen LogP contribution in [0.15, 0.2) is 59.0 Å². The van der Waals surface area contributed by atoms with E-state index in [1.54, 1.807) is 11.3 Å². The summed E-state index contributed by atoms with van der Waals surface area (Å²) in [4.78, 5) is 14.0. The Hall–Kier alpha value is -3.25. The maximum Gasteiger partial charge on any atom is 0.256 e. The van der Waals surface area contributed by atoms with Gasteiger partial charge in [-0.15, -0.1) is 11.3 Å². The number of hydrogen-bond acceptors (Lipinski definition) is 5. The van der Waals surface area contributed by atoms with E-state index in [1.165, 1.54) is 0 Å². The first-order valence-electron chi connectivity index (χ1n) is 10.4. The zero-order valence-corrected chi connectivity index (χ0v) is 18.7. The van der Waals surface area contributed by atoms with Crippen molar-refractivity contribution in [3.63, 3.8) is 0 Å². The van der Waals surface area contributed by atoms with E-state index in [0.717, 1.165) is 26.5 Å². The molecule has 0 bridgehead atoms. The minimum absolute atomic E-state index is 0.149. The molecule has 2 aromatic heterocycles. The first kappa shape index (κ1) is 21.0. The van der Waals surface area contributed by atoms with Crippen LogP contribution in [0.2, 0.25) is 0 Å². The second-order valence-corrected chi connectivity index (χ2v) is 8.29. The molecule has 4 aromatic rings. The van der Waals surface area contributed by atoms with Gasteiger partial charge in [-0.25, -0.2) is 0 Å². The van der Waals surface area contributed by atoms with Crippen LogP contribution in [0.1, 0.15) is 34.6 Å². The lowest BCUT2D eigenvalue weighted by atomic mass is 10.1. The molecule has 2 aromatic carbocycles. The minimum Gasteiger partial charge on any atom is -0.490 e. The van der Waals surface area contributed by atoms with E-state index in [-0.39, 0.29) is 5.91 Å². The lowest BCUT2D eigenvalue weighted by molar-refractivity contribution is 0.0951. The maximum atomic E-state index is 13.0. The highest BCUT2D eigenvalue weighted by Gasteiger charge is 2.21. The molecule has 2 heterocycles. The Morgan fingerprint density at radius 3 is 2.48 bits per heavy atom. The van der Waals surface area contributed by atoms with E-state index >= 15 is 0 Å². The second kappa shape index (κ2) is 9.27. The van der Waals surface area contributed by atoms with Gasteiger partial charge in [-0.1, -0.05) is 36.4 Å². The third-order valence-corrected chi connectivity index (χ3v) is 5.92. The highest BCUT2D eigenvalue weighted by molar-refractivity contribution is 7.19. The number of ether oxygens (including phenoxy) is 2. The van der Waals surface area contributed by atoms with Crippen molar-refractivity contribution in [2.45, 2.75) is 27.3 Å². The van der Waals surface area contributed by atoms with Crippen LogP contribution in [0.25, 0.3) is 21.6 Å². The van der Waals surface area contributed by atoms with Crippen molar-refractivity contribution in [3.8, 4) is 22.8 Å². The molecule has 6 heteroatoms. The monoisotopic (exact) mass is 435 g/mol. The van der Waals surface area contributed by atoms with Crippen LogP contribution >= 0.6 is 11.3 Å². The van der Waals surface area contributed by atoms with Gasteiger partial charge in [0.1, 0.15) is 5.76 Å². The van der Waals surface area contributed by atoms with Crippen molar-refractivity contribution in [1.82, 2.24) is 5.32 Å². The van der Waals surface area contributed by atoms with Gasteiger partial charge in [0.15, 0.2) is 17.1 Å². The van der Waals surface area contributed by atoms with Crippen LogP contribution in [0.3, 0.4) is 0 Å². The molecular formula is C25H25NO4S. The van der Waals surface area contributed by atoms with E-state index in [4.69, 9.17) is 13.9 Å². The third-order valence-electron chi connectivity index (χ3n) is 4.89. The number of rotatable bonds is 8. The van der Waals surface area contributed by atoms with Gasteiger partial charge in [0.05, 0.1) is 23.5 Å². The Morgan fingerprint density at radius 2 is 1.74 bits per heavy atom. The first-order chi connectivity index (χ1) is 15.1. The number of benzene rings is 2. The van der Waals surface area contributed by atoms with Gasteiger partial charge < -0.3 is 19.2 Å². The quantitative estimate of drug-likeness (QED) is 0.358. The van der Waals surface area contributed by atoms with Crippen molar-refractivity contribution in [3.05, 3.63) is 70.6 Å². The Kier molecular flexibility index (Phi) is 6.28. The lowest BCUT2D eigenvalue weighted by Crippen LogP contribution is -2.23. The number of aryl methyl sites for hydroxylation is 1. The van der Waals surface area contributed by atoms with Crippen molar-refractivity contribution >= 4 is 27.5 Å². The fourth-order valence-corrected chi connectivity index (χ4v) is 4.50. The van der Waals surface area contributed by atoms with Gasteiger partial charge in [-0.05, 0) is 38.5 Å². The Morgan fingerprint density at radius 1 is 1.00 bits per heavy atom. The minimum atomic E-state index is -0.149. The normalized spacial score (nSPS) is 10.9. The van der Waals surface area contributed by atoms with E-state index in [0.29, 0.717) is 42.4 Å². The highest BCUT2D eigenvalue weighted by atomic mass is 32.1. The Labute approximate surface area is 185 Å². The van der Waals surface area contributed by atoms with E-state index in [9.17, 15) is 4.79 Å². The molecule has 0 aliphatic rings. The highest BCUT2D eigenvalue weighted by Crippen LogP contribution is 2.37. The van der Waals surface area contributed by atoms with Crippen LogP contribution in [0, 0.1) is 6.92 Å². The van der Waals surface area contributed by atoms with Crippen molar-refractivity contribution in [2.24, 2.45) is 0 Å². The van der Waals surface area contributed by atoms with Crippen molar-refractivity contribution in [1.29, 1.82) is 0 Å². The van der Waals surface area contributed by atoms with Gasteiger partial charge in [-0.2, -0.15) is 0 Å². The average Bonchev–Trinajstić information content (AvgIpc) is 3.31. The molecule has 0 aliphatic carbocycles. The van der Waals surface area contributed by atoms with Crippen LogP contribution in [0.4, 0.5) is 0 Å². The zero-order chi connectivity index (χ0) is 21.8. The average molecular weight is 436 g/mol. The fourth-order valence-electron chi connectivity index (χ4n) is 3.48.